The highest BCUT2D eigenvalue weighted by Crippen LogP contribution is 2.32. The molecule has 0 unspecified atom stereocenters. The van der Waals surface area contributed by atoms with Crippen molar-refractivity contribution in [1.29, 1.82) is 0 Å². The number of anilines is 12. The van der Waals surface area contributed by atoms with Crippen molar-refractivity contribution in [3.05, 3.63) is 169 Å². The standard InChI is InChI=1S/C44H36N12O6S2/c57-61-62-63-37-27-35(49-43-53-39(45-31-13-5-1-6-14-31)51-40(54-43)46-32-15-7-2-8-16-32)25-23-29(37)21-22-30-24-26-36(28-38(30)64(58,59)60)50-44-55-41(47-33-17-9-3-10-18-33)52-42(56-44)48-34-19-11-4-12-20-34/h1-28,57H,(H,58,59,60)(H3,45,46,49,51,53,54)(H3,47,48,50,52,55,56)/b22-21+. The van der Waals surface area contributed by atoms with E-state index in [-0.39, 0.29) is 46.9 Å². The van der Waals surface area contributed by atoms with E-state index in [1.54, 1.807) is 30.3 Å². The Balaban J connectivity index is 1.05. The van der Waals surface area contributed by atoms with Crippen molar-refractivity contribution in [2.45, 2.75) is 9.79 Å². The molecular weight excluding hydrogens is 857 g/mol. The third-order valence-electron chi connectivity index (χ3n) is 8.80. The molecule has 2 aromatic heterocycles. The van der Waals surface area contributed by atoms with Crippen LogP contribution < -0.4 is 31.9 Å². The molecule has 0 amide bonds. The molecule has 320 valence electrons. The molecule has 6 aromatic carbocycles. The van der Waals surface area contributed by atoms with E-state index < -0.39 is 15.0 Å². The first kappa shape index (κ1) is 42.7. The van der Waals surface area contributed by atoms with Gasteiger partial charge in [-0.15, -0.1) is 4.33 Å². The SMILES string of the molecule is O=S(=O)(O)c1cc(Nc2nc(Nc3ccccc3)nc(Nc3ccccc3)n2)ccc1/C=C/c1ccc(Nc2nc(Nc3ccccc3)nc(Nc3ccccc3)n2)cc1SOOO. The third kappa shape index (κ3) is 11.9. The van der Waals surface area contributed by atoms with Crippen LogP contribution in [0.15, 0.2) is 168 Å². The van der Waals surface area contributed by atoms with Crippen molar-refractivity contribution in [2.75, 3.05) is 31.9 Å². The van der Waals surface area contributed by atoms with Crippen LogP contribution >= 0.6 is 12.0 Å². The molecule has 20 heteroatoms. The highest BCUT2D eigenvalue weighted by atomic mass is 32.2. The number of aromatic nitrogens is 6. The topological polar surface area (TPSA) is 243 Å². The zero-order valence-electron chi connectivity index (χ0n) is 33.2. The van der Waals surface area contributed by atoms with Crippen LogP contribution in [0.1, 0.15) is 11.1 Å². The van der Waals surface area contributed by atoms with Crippen LogP contribution in [0.3, 0.4) is 0 Å². The van der Waals surface area contributed by atoms with Gasteiger partial charge in [0.15, 0.2) is 0 Å². The number of nitrogens with one attached hydrogen (secondary N) is 6. The molecule has 0 fully saturated rings. The first-order valence-electron chi connectivity index (χ1n) is 19.2. The fourth-order valence-electron chi connectivity index (χ4n) is 5.97. The Morgan fingerprint density at radius 3 is 1.12 bits per heavy atom. The summed E-state index contributed by atoms with van der Waals surface area (Å²) in [5.74, 6) is 1.25. The van der Waals surface area contributed by atoms with E-state index in [9.17, 15) is 13.0 Å². The Labute approximate surface area is 370 Å². The highest BCUT2D eigenvalue weighted by Gasteiger charge is 2.17. The fraction of sp³-hybridized carbons (Fsp3) is 0. The van der Waals surface area contributed by atoms with Crippen LogP contribution in [0.4, 0.5) is 69.8 Å². The second-order valence-corrected chi connectivity index (χ2v) is 15.5. The summed E-state index contributed by atoms with van der Waals surface area (Å²) in [6, 6.07) is 47.0. The normalized spacial score (nSPS) is 11.2. The molecule has 0 aliphatic carbocycles. The molecule has 2 heterocycles. The maximum atomic E-state index is 12.8. The van der Waals surface area contributed by atoms with Crippen LogP contribution in [-0.2, 0) is 19.5 Å². The van der Waals surface area contributed by atoms with Gasteiger partial charge >= 0.3 is 0 Å². The van der Waals surface area contributed by atoms with Crippen molar-refractivity contribution in [1.82, 2.24) is 29.9 Å². The largest absolute Gasteiger partial charge is 0.324 e. The Bertz CT molecular complexity index is 2860. The van der Waals surface area contributed by atoms with E-state index in [4.69, 9.17) is 9.59 Å². The van der Waals surface area contributed by atoms with Crippen LogP contribution in [0, 0.1) is 0 Å². The van der Waals surface area contributed by atoms with Gasteiger partial charge in [-0.1, -0.05) is 102 Å². The number of nitrogens with zero attached hydrogens (tertiary/aromatic N) is 6. The highest BCUT2D eigenvalue weighted by molar-refractivity contribution is 7.94. The van der Waals surface area contributed by atoms with E-state index in [0.29, 0.717) is 28.2 Å². The molecule has 0 radical (unpaired) electrons. The second-order valence-electron chi connectivity index (χ2n) is 13.4. The predicted molar refractivity (Wildman–Crippen MR) is 247 cm³/mol. The molecule has 18 nitrogen and oxygen atoms in total. The van der Waals surface area contributed by atoms with Gasteiger partial charge in [-0.25, -0.2) is 5.26 Å². The Kier molecular flexibility index (Phi) is 13.5. The average molecular weight is 893 g/mol. The zero-order chi connectivity index (χ0) is 44.1. The average Bonchev–Trinajstić information content (AvgIpc) is 3.29. The van der Waals surface area contributed by atoms with Crippen molar-refractivity contribution in [2.24, 2.45) is 0 Å². The van der Waals surface area contributed by atoms with Crippen LogP contribution in [-0.4, -0.2) is 48.1 Å². The van der Waals surface area contributed by atoms with E-state index in [0.717, 1.165) is 22.7 Å². The molecule has 0 aliphatic rings. The van der Waals surface area contributed by atoms with Gasteiger partial charge in [-0.3, -0.25) is 4.55 Å². The van der Waals surface area contributed by atoms with E-state index in [2.05, 4.69) is 66.8 Å². The lowest BCUT2D eigenvalue weighted by Gasteiger charge is -2.13. The van der Waals surface area contributed by atoms with Gasteiger partial charge < -0.3 is 31.9 Å². The number of para-hydroxylation sites is 4. The van der Waals surface area contributed by atoms with Crippen molar-refractivity contribution >= 4 is 104 Å². The summed E-state index contributed by atoms with van der Waals surface area (Å²) in [5, 5.41) is 31.8. The maximum absolute atomic E-state index is 12.8. The quantitative estimate of drug-likeness (QED) is 0.0131. The Morgan fingerprint density at radius 1 is 0.438 bits per heavy atom. The summed E-state index contributed by atoms with van der Waals surface area (Å²) in [5.41, 5.74) is 4.45. The predicted octanol–water partition coefficient (Wildman–Crippen LogP) is 10.4. The fourth-order valence-corrected chi connectivity index (χ4v) is 7.20. The minimum absolute atomic E-state index is 0.0856. The lowest BCUT2D eigenvalue weighted by molar-refractivity contribution is -0.432. The number of hydrogen-bond acceptors (Lipinski definition) is 18. The van der Waals surface area contributed by atoms with E-state index >= 15 is 0 Å². The van der Waals surface area contributed by atoms with Crippen molar-refractivity contribution in [3.8, 4) is 0 Å². The van der Waals surface area contributed by atoms with Gasteiger partial charge in [-0.05, 0) is 83.9 Å². The zero-order valence-corrected chi connectivity index (χ0v) is 34.8. The molecule has 8 aromatic rings. The molecule has 0 saturated heterocycles. The van der Waals surface area contributed by atoms with Crippen LogP contribution in [0.5, 0.6) is 0 Å². The second kappa shape index (κ2) is 20.3. The maximum Gasteiger partial charge on any atom is 0.295 e. The van der Waals surface area contributed by atoms with E-state index in [1.807, 2.05) is 121 Å². The lowest BCUT2D eigenvalue weighted by atomic mass is 10.1. The van der Waals surface area contributed by atoms with Gasteiger partial charge in [0.25, 0.3) is 10.1 Å². The summed E-state index contributed by atoms with van der Waals surface area (Å²) in [6.07, 6.45) is 3.10. The van der Waals surface area contributed by atoms with Gasteiger partial charge in [0.1, 0.15) is 4.90 Å². The number of rotatable bonds is 18. The van der Waals surface area contributed by atoms with Crippen molar-refractivity contribution in [3.63, 3.8) is 0 Å². The Morgan fingerprint density at radius 2 is 0.766 bits per heavy atom. The van der Waals surface area contributed by atoms with Gasteiger partial charge in [0, 0.05) is 39.0 Å². The molecule has 0 aliphatic heterocycles. The van der Waals surface area contributed by atoms with Gasteiger partial charge in [0.2, 0.25) is 35.7 Å². The van der Waals surface area contributed by atoms with Gasteiger partial charge in [-0.2, -0.15) is 38.3 Å². The minimum atomic E-state index is -4.75. The molecule has 0 bridgehead atoms. The number of hydrogen-bond donors (Lipinski definition) is 8. The summed E-state index contributed by atoms with van der Waals surface area (Å²) in [7, 11) is -4.75. The minimum Gasteiger partial charge on any atom is -0.324 e. The molecule has 0 atom stereocenters. The molecule has 0 spiro atoms. The Hall–Kier alpha value is -7.98. The number of benzene rings is 6. The smallest absolute Gasteiger partial charge is 0.295 e. The monoisotopic (exact) mass is 892 g/mol. The van der Waals surface area contributed by atoms with E-state index in [1.165, 1.54) is 18.2 Å². The molecule has 8 rings (SSSR count). The van der Waals surface area contributed by atoms with Crippen LogP contribution in [0.2, 0.25) is 0 Å². The third-order valence-corrected chi connectivity index (χ3v) is 10.4. The molecule has 8 N–H and O–H groups in total. The summed E-state index contributed by atoms with van der Waals surface area (Å²) in [4.78, 5) is 27.2. The van der Waals surface area contributed by atoms with Gasteiger partial charge in [0.05, 0.1) is 12.0 Å². The van der Waals surface area contributed by atoms with Crippen LogP contribution in [0.25, 0.3) is 12.2 Å². The molecule has 0 saturated carbocycles. The molecular formula is C44H36N12O6S2. The van der Waals surface area contributed by atoms with Crippen molar-refractivity contribution < 1.29 is 27.6 Å². The summed E-state index contributed by atoms with van der Waals surface area (Å²) >= 11 is 0.685. The summed E-state index contributed by atoms with van der Waals surface area (Å²) in [6.45, 7) is 0. The first-order chi connectivity index (χ1) is 31.2. The molecule has 64 heavy (non-hydrogen) atoms. The summed E-state index contributed by atoms with van der Waals surface area (Å²) < 4.78 is 40.8. The first-order valence-corrected chi connectivity index (χ1v) is 21.3. The lowest BCUT2D eigenvalue weighted by Crippen LogP contribution is -2.08.